The Hall–Kier alpha value is -2.69. The molecule has 1 N–H and O–H groups in total. The van der Waals surface area contributed by atoms with Gasteiger partial charge in [-0.25, -0.2) is 4.39 Å². The van der Waals surface area contributed by atoms with Gasteiger partial charge in [0.25, 0.3) is 0 Å². The Morgan fingerprint density at radius 1 is 0.935 bits per heavy atom. The van der Waals surface area contributed by atoms with Crippen LogP contribution in [0, 0.1) is 5.82 Å². The molecule has 168 valence electrons. The number of nitrogens with one attached hydrogen (secondary N) is 1. The Balaban J connectivity index is 2.17. The van der Waals surface area contributed by atoms with Crippen LogP contribution in [0.4, 0.5) is 4.39 Å². The van der Waals surface area contributed by atoms with Crippen LogP contribution in [0.2, 0.25) is 0 Å². The van der Waals surface area contributed by atoms with Crippen molar-refractivity contribution in [1.82, 2.24) is 10.2 Å². The quantitative estimate of drug-likeness (QED) is 0.567. The van der Waals surface area contributed by atoms with E-state index in [-0.39, 0.29) is 30.2 Å². The highest BCUT2D eigenvalue weighted by Crippen LogP contribution is 2.18. The summed E-state index contributed by atoms with van der Waals surface area (Å²) in [6.45, 7) is 10.3. The molecule has 0 bridgehead atoms. The van der Waals surface area contributed by atoms with E-state index in [4.69, 9.17) is 0 Å². The van der Waals surface area contributed by atoms with Crippen LogP contribution in [0.3, 0.4) is 0 Å². The van der Waals surface area contributed by atoms with Crippen molar-refractivity contribution in [2.45, 2.75) is 78.4 Å². The normalized spacial score (nSPS) is 12.1. The van der Waals surface area contributed by atoms with Gasteiger partial charge in [0.1, 0.15) is 11.9 Å². The predicted molar refractivity (Wildman–Crippen MR) is 123 cm³/mol. The number of carbonyl (C=O) groups excluding carboxylic acids is 2. The molecule has 2 aromatic carbocycles. The highest BCUT2D eigenvalue weighted by Gasteiger charge is 2.28. The van der Waals surface area contributed by atoms with Gasteiger partial charge in [-0.3, -0.25) is 9.59 Å². The number of halogens is 1. The van der Waals surface area contributed by atoms with E-state index < -0.39 is 6.04 Å². The molecule has 0 radical (unpaired) electrons. The van der Waals surface area contributed by atoms with Crippen molar-refractivity contribution in [3.63, 3.8) is 0 Å². The van der Waals surface area contributed by atoms with Gasteiger partial charge in [0, 0.05) is 19.0 Å². The minimum atomic E-state index is -0.566. The van der Waals surface area contributed by atoms with E-state index in [0.717, 1.165) is 11.1 Å². The Morgan fingerprint density at radius 3 is 2.03 bits per heavy atom. The average molecular weight is 427 g/mol. The van der Waals surface area contributed by atoms with Gasteiger partial charge < -0.3 is 10.2 Å². The summed E-state index contributed by atoms with van der Waals surface area (Å²) in [4.78, 5) is 27.6. The van der Waals surface area contributed by atoms with E-state index in [2.05, 4.69) is 43.4 Å². The van der Waals surface area contributed by atoms with Crippen LogP contribution >= 0.6 is 0 Å². The summed E-state index contributed by atoms with van der Waals surface area (Å²) in [5.41, 5.74) is 3.16. The second-order valence-electron chi connectivity index (χ2n) is 8.63. The van der Waals surface area contributed by atoms with Crippen molar-refractivity contribution in [3.8, 4) is 0 Å². The van der Waals surface area contributed by atoms with E-state index in [1.54, 1.807) is 17.0 Å². The lowest BCUT2D eigenvalue weighted by Gasteiger charge is -2.31. The first-order chi connectivity index (χ1) is 14.7. The van der Waals surface area contributed by atoms with E-state index >= 15 is 0 Å². The molecular weight excluding hydrogens is 391 g/mol. The van der Waals surface area contributed by atoms with Crippen LogP contribution < -0.4 is 5.32 Å². The number of carbonyl (C=O) groups is 2. The van der Waals surface area contributed by atoms with Gasteiger partial charge >= 0.3 is 0 Å². The summed E-state index contributed by atoms with van der Waals surface area (Å²) in [5, 5.41) is 2.92. The van der Waals surface area contributed by atoms with Crippen molar-refractivity contribution in [2.75, 3.05) is 0 Å². The number of rotatable bonds is 10. The molecule has 0 saturated carbocycles. The second kappa shape index (κ2) is 11.6. The van der Waals surface area contributed by atoms with Crippen molar-refractivity contribution in [3.05, 3.63) is 71.0 Å². The number of hydrogen-bond acceptors (Lipinski definition) is 2. The molecule has 0 aliphatic heterocycles. The first kappa shape index (κ1) is 24.6. The number of nitrogens with zero attached hydrogens (tertiary/aromatic N) is 1. The number of amides is 2. The third-order valence-corrected chi connectivity index (χ3v) is 5.36. The smallest absolute Gasteiger partial charge is 0.243 e. The monoisotopic (exact) mass is 426 g/mol. The first-order valence-electron chi connectivity index (χ1n) is 11.1. The van der Waals surface area contributed by atoms with Gasteiger partial charge in [0.15, 0.2) is 0 Å². The van der Waals surface area contributed by atoms with Gasteiger partial charge in [-0.2, -0.15) is 0 Å². The Morgan fingerprint density at radius 2 is 1.52 bits per heavy atom. The number of hydrogen-bond donors (Lipinski definition) is 1. The minimum absolute atomic E-state index is 0.0104. The topological polar surface area (TPSA) is 49.4 Å². The summed E-state index contributed by atoms with van der Waals surface area (Å²) >= 11 is 0. The fraction of sp³-hybridized carbons (Fsp3) is 0.462. The highest BCUT2D eigenvalue weighted by atomic mass is 19.1. The zero-order valence-electron chi connectivity index (χ0n) is 19.3. The molecule has 0 fully saturated rings. The molecule has 0 aromatic heterocycles. The standard InChI is InChI=1S/C26H35FN2O2/c1-6-24(26(31)28-19(4)5)29(17-21-9-14-23(27)15-10-21)25(30)16-11-20-7-12-22(13-8-20)18(2)3/h7-10,12-15,18-19,24H,6,11,16-17H2,1-5H3,(H,28,31). The van der Waals surface area contributed by atoms with Gasteiger partial charge in [-0.15, -0.1) is 0 Å². The Labute approximate surface area is 185 Å². The number of benzene rings is 2. The van der Waals surface area contributed by atoms with E-state index in [1.807, 2.05) is 20.8 Å². The molecule has 2 rings (SSSR count). The van der Waals surface area contributed by atoms with Crippen molar-refractivity contribution in [1.29, 1.82) is 0 Å². The molecule has 5 heteroatoms. The summed E-state index contributed by atoms with van der Waals surface area (Å²) in [5.74, 6) is -0.0972. The molecule has 31 heavy (non-hydrogen) atoms. The fourth-order valence-corrected chi connectivity index (χ4v) is 3.55. The molecule has 0 aliphatic rings. The van der Waals surface area contributed by atoms with E-state index in [9.17, 15) is 14.0 Å². The summed E-state index contributed by atoms with van der Waals surface area (Å²) in [6, 6.07) is 13.8. The molecule has 0 saturated heterocycles. The molecule has 4 nitrogen and oxygen atoms in total. The van der Waals surface area contributed by atoms with E-state index in [0.29, 0.717) is 25.2 Å². The summed E-state index contributed by atoms with van der Waals surface area (Å²) in [7, 11) is 0. The molecule has 2 aromatic rings. The summed E-state index contributed by atoms with van der Waals surface area (Å²) < 4.78 is 13.3. The lowest BCUT2D eigenvalue weighted by Crippen LogP contribution is -2.50. The van der Waals surface area contributed by atoms with Crippen molar-refractivity contribution >= 4 is 11.8 Å². The van der Waals surface area contributed by atoms with Crippen LogP contribution in [-0.2, 0) is 22.6 Å². The SMILES string of the molecule is CCC(C(=O)NC(C)C)N(Cc1ccc(F)cc1)C(=O)CCc1ccc(C(C)C)cc1. The molecule has 0 aliphatic carbocycles. The lowest BCUT2D eigenvalue weighted by molar-refractivity contribution is -0.141. The Kier molecular flexibility index (Phi) is 9.22. The van der Waals surface area contributed by atoms with Gasteiger partial charge in [0.05, 0.1) is 0 Å². The molecule has 1 unspecified atom stereocenters. The first-order valence-corrected chi connectivity index (χ1v) is 11.1. The maximum atomic E-state index is 13.3. The summed E-state index contributed by atoms with van der Waals surface area (Å²) in [6.07, 6.45) is 1.43. The average Bonchev–Trinajstić information content (AvgIpc) is 2.73. The van der Waals surface area contributed by atoms with E-state index in [1.165, 1.54) is 17.7 Å². The molecule has 1 atom stereocenters. The van der Waals surface area contributed by atoms with Crippen LogP contribution in [-0.4, -0.2) is 28.8 Å². The van der Waals surface area contributed by atoms with Crippen LogP contribution in [0.15, 0.2) is 48.5 Å². The van der Waals surface area contributed by atoms with Gasteiger partial charge in [-0.05, 0) is 61.4 Å². The highest BCUT2D eigenvalue weighted by molar-refractivity contribution is 5.87. The zero-order chi connectivity index (χ0) is 23.0. The fourth-order valence-electron chi connectivity index (χ4n) is 3.55. The minimum Gasteiger partial charge on any atom is -0.352 e. The Bertz CT molecular complexity index is 845. The maximum absolute atomic E-state index is 13.3. The molecular formula is C26H35FN2O2. The maximum Gasteiger partial charge on any atom is 0.243 e. The van der Waals surface area contributed by atoms with Gasteiger partial charge in [-0.1, -0.05) is 57.2 Å². The molecule has 0 spiro atoms. The third kappa shape index (κ3) is 7.50. The molecule has 0 heterocycles. The van der Waals surface area contributed by atoms with Crippen molar-refractivity contribution < 1.29 is 14.0 Å². The predicted octanol–water partition coefficient (Wildman–Crippen LogP) is 5.21. The van der Waals surface area contributed by atoms with Crippen molar-refractivity contribution in [2.24, 2.45) is 0 Å². The largest absolute Gasteiger partial charge is 0.352 e. The van der Waals surface area contributed by atoms with Gasteiger partial charge in [0.2, 0.25) is 11.8 Å². The molecule has 2 amide bonds. The third-order valence-electron chi connectivity index (χ3n) is 5.36. The lowest BCUT2D eigenvalue weighted by atomic mass is 10.00. The van der Waals surface area contributed by atoms with Crippen LogP contribution in [0.1, 0.15) is 70.1 Å². The van der Waals surface area contributed by atoms with Crippen LogP contribution in [0.25, 0.3) is 0 Å². The van der Waals surface area contributed by atoms with Crippen LogP contribution in [0.5, 0.6) is 0 Å². The zero-order valence-corrected chi connectivity index (χ0v) is 19.3. The number of aryl methyl sites for hydroxylation is 1. The second-order valence-corrected chi connectivity index (χ2v) is 8.63.